The summed E-state index contributed by atoms with van der Waals surface area (Å²) in [6.07, 6.45) is 7.82. The highest BCUT2D eigenvalue weighted by atomic mass is 16.3. The molecule has 108 valence electrons. The van der Waals surface area contributed by atoms with E-state index in [1.54, 1.807) is 18.7 Å². The Balaban J connectivity index is 3.77. The molecule has 18 heavy (non-hydrogen) atoms. The van der Waals surface area contributed by atoms with E-state index < -0.39 is 5.60 Å². The van der Waals surface area contributed by atoms with Crippen LogP contribution < -0.4 is 0 Å². The van der Waals surface area contributed by atoms with Crippen LogP contribution in [-0.4, -0.2) is 34.6 Å². The number of hydrogen-bond donors (Lipinski definition) is 1. The molecule has 0 radical (unpaired) electrons. The minimum atomic E-state index is -0.799. The van der Waals surface area contributed by atoms with Gasteiger partial charge in [-0.25, -0.2) is 0 Å². The third-order valence-electron chi connectivity index (χ3n) is 3.06. The molecule has 1 N–H and O–H groups in total. The van der Waals surface area contributed by atoms with Crippen LogP contribution in [0, 0.1) is 0 Å². The largest absolute Gasteiger partial charge is 0.389 e. The van der Waals surface area contributed by atoms with E-state index in [-0.39, 0.29) is 5.91 Å². The van der Waals surface area contributed by atoms with Crippen LogP contribution in [0.5, 0.6) is 0 Å². The summed E-state index contributed by atoms with van der Waals surface area (Å²) in [5.74, 6) is 0.176. The van der Waals surface area contributed by atoms with E-state index in [9.17, 15) is 9.90 Å². The molecule has 0 saturated carbocycles. The van der Waals surface area contributed by atoms with Gasteiger partial charge in [0.25, 0.3) is 0 Å². The monoisotopic (exact) mass is 257 g/mol. The second kappa shape index (κ2) is 9.37. The van der Waals surface area contributed by atoms with Crippen LogP contribution in [0.4, 0.5) is 0 Å². The van der Waals surface area contributed by atoms with Gasteiger partial charge in [-0.05, 0) is 27.2 Å². The maximum absolute atomic E-state index is 12.0. The van der Waals surface area contributed by atoms with E-state index in [1.807, 2.05) is 6.92 Å². The number of carbonyl (C=O) groups is 1. The summed E-state index contributed by atoms with van der Waals surface area (Å²) in [5.41, 5.74) is -0.799. The smallest absolute Gasteiger partial charge is 0.222 e. The van der Waals surface area contributed by atoms with Crippen molar-refractivity contribution in [2.24, 2.45) is 0 Å². The molecule has 0 aromatic rings. The molecule has 1 amide bonds. The molecule has 0 aliphatic rings. The van der Waals surface area contributed by atoms with Crippen LogP contribution >= 0.6 is 0 Å². The van der Waals surface area contributed by atoms with Crippen LogP contribution in [0.25, 0.3) is 0 Å². The molecule has 0 bridgehead atoms. The highest BCUT2D eigenvalue weighted by molar-refractivity contribution is 5.76. The van der Waals surface area contributed by atoms with Crippen molar-refractivity contribution in [1.29, 1.82) is 0 Å². The van der Waals surface area contributed by atoms with E-state index in [4.69, 9.17) is 0 Å². The number of aliphatic hydroxyl groups is 1. The Morgan fingerprint density at radius 2 is 1.61 bits per heavy atom. The molecule has 0 atom stereocenters. The van der Waals surface area contributed by atoms with Gasteiger partial charge in [0.05, 0.1) is 5.60 Å². The lowest BCUT2D eigenvalue weighted by Crippen LogP contribution is -2.42. The second-order valence-corrected chi connectivity index (χ2v) is 5.74. The highest BCUT2D eigenvalue weighted by Crippen LogP contribution is 2.10. The molecule has 0 saturated heterocycles. The number of likely N-dealkylation sites (N-methyl/N-ethyl adjacent to an activating group) is 1. The molecule has 0 aromatic heterocycles. The van der Waals surface area contributed by atoms with Crippen molar-refractivity contribution in [2.45, 2.75) is 78.2 Å². The molecule has 3 heteroatoms. The molecule has 0 unspecified atom stereocenters. The van der Waals surface area contributed by atoms with Gasteiger partial charge in [0.15, 0.2) is 0 Å². The summed E-state index contributed by atoms with van der Waals surface area (Å²) in [6, 6.07) is 0. The average molecular weight is 257 g/mol. The van der Waals surface area contributed by atoms with E-state index in [1.165, 1.54) is 25.7 Å². The van der Waals surface area contributed by atoms with Gasteiger partial charge in [0.1, 0.15) is 0 Å². The minimum absolute atomic E-state index is 0.176. The molecule has 0 aromatic carbocycles. The van der Waals surface area contributed by atoms with Gasteiger partial charge in [-0.15, -0.1) is 0 Å². The molecule has 3 nitrogen and oxygen atoms in total. The summed E-state index contributed by atoms with van der Waals surface area (Å²) in [4.78, 5) is 13.7. The Hall–Kier alpha value is -0.570. The van der Waals surface area contributed by atoms with E-state index in [2.05, 4.69) is 6.92 Å². The van der Waals surface area contributed by atoms with E-state index in [0.29, 0.717) is 19.5 Å². The average Bonchev–Trinajstić information content (AvgIpc) is 2.29. The highest BCUT2D eigenvalue weighted by Gasteiger charge is 2.20. The van der Waals surface area contributed by atoms with Gasteiger partial charge in [0.2, 0.25) is 5.91 Å². The summed E-state index contributed by atoms with van der Waals surface area (Å²) < 4.78 is 0. The number of rotatable bonds is 10. The third-order valence-corrected chi connectivity index (χ3v) is 3.06. The zero-order valence-electron chi connectivity index (χ0n) is 12.7. The lowest BCUT2D eigenvalue weighted by Gasteiger charge is -2.28. The normalized spacial score (nSPS) is 11.6. The summed E-state index contributed by atoms with van der Waals surface area (Å²) in [7, 11) is 0. The van der Waals surface area contributed by atoms with Gasteiger partial charge in [-0.2, -0.15) is 0 Å². The molecule has 0 fully saturated rings. The first-order valence-electron chi connectivity index (χ1n) is 7.41. The van der Waals surface area contributed by atoms with Crippen LogP contribution in [0.2, 0.25) is 0 Å². The van der Waals surface area contributed by atoms with Crippen LogP contribution in [-0.2, 0) is 4.79 Å². The first-order chi connectivity index (χ1) is 8.40. The Bertz CT molecular complexity index is 221. The van der Waals surface area contributed by atoms with Gasteiger partial charge in [-0.3, -0.25) is 4.79 Å². The topological polar surface area (TPSA) is 40.5 Å². The second-order valence-electron chi connectivity index (χ2n) is 5.74. The standard InChI is InChI=1S/C15H31NO2/c1-5-7-8-9-10-11-12-14(17)16(6-2)13-15(3,4)18/h18H,5-13H2,1-4H3. The maximum Gasteiger partial charge on any atom is 0.222 e. The maximum atomic E-state index is 12.0. The van der Waals surface area contributed by atoms with Crippen molar-refractivity contribution in [3.63, 3.8) is 0 Å². The van der Waals surface area contributed by atoms with Crippen LogP contribution in [0.3, 0.4) is 0 Å². The lowest BCUT2D eigenvalue weighted by atomic mass is 10.1. The summed E-state index contributed by atoms with van der Waals surface area (Å²) in [6.45, 7) is 8.77. The van der Waals surface area contributed by atoms with Crippen molar-refractivity contribution in [3.05, 3.63) is 0 Å². The Kier molecular flexibility index (Phi) is 9.08. The Morgan fingerprint density at radius 3 is 2.11 bits per heavy atom. The first kappa shape index (κ1) is 17.4. The van der Waals surface area contributed by atoms with Crippen molar-refractivity contribution in [1.82, 2.24) is 4.90 Å². The molecule has 0 rings (SSSR count). The third kappa shape index (κ3) is 9.46. The molecule has 0 spiro atoms. The van der Waals surface area contributed by atoms with Crippen LogP contribution in [0.1, 0.15) is 72.6 Å². The predicted molar refractivity (Wildman–Crippen MR) is 76.5 cm³/mol. The molecule has 0 aliphatic carbocycles. The van der Waals surface area contributed by atoms with Gasteiger partial charge in [-0.1, -0.05) is 39.0 Å². The number of unbranched alkanes of at least 4 members (excludes halogenated alkanes) is 5. The fourth-order valence-electron chi connectivity index (χ4n) is 2.06. The fraction of sp³-hybridized carbons (Fsp3) is 0.933. The first-order valence-corrected chi connectivity index (χ1v) is 7.41. The number of nitrogens with zero attached hydrogens (tertiary/aromatic N) is 1. The van der Waals surface area contributed by atoms with Gasteiger partial charge >= 0.3 is 0 Å². The summed E-state index contributed by atoms with van der Waals surface area (Å²) in [5, 5.41) is 9.74. The summed E-state index contributed by atoms with van der Waals surface area (Å²) >= 11 is 0. The quantitative estimate of drug-likeness (QED) is 0.610. The number of amides is 1. The van der Waals surface area contributed by atoms with Crippen LogP contribution in [0.15, 0.2) is 0 Å². The van der Waals surface area contributed by atoms with Gasteiger partial charge < -0.3 is 10.0 Å². The van der Waals surface area contributed by atoms with Crippen molar-refractivity contribution in [2.75, 3.05) is 13.1 Å². The molecular formula is C15H31NO2. The van der Waals surface area contributed by atoms with Crippen molar-refractivity contribution >= 4 is 5.91 Å². The SMILES string of the molecule is CCCCCCCCC(=O)N(CC)CC(C)(C)O. The zero-order valence-corrected chi connectivity index (χ0v) is 12.7. The van der Waals surface area contributed by atoms with Crippen molar-refractivity contribution < 1.29 is 9.90 Å². The predicted octanol–water partition coefficient (Wildman–Crippen LogP) is 3.36. The minimum Gasteiger partial charge on any atom is -0.389 e. The number of hydrogen-bond acceptors (Lipinski definition) is 2. The zero-order chi connectivity index (χ0) is 14.0. The van der Waals surface area contributed by atoms with E-state index >= 15 is 0 Å². The Labute approximate surface area is 113 Å². The molecular weight excluding hydrogens is 226 g/mol. The van der Waals surface area contributed by atoms with Gasteiger partial charge in [0, 0.05) is 19.5 Å². The molecule has 0 heterocycles. The van der Waals surface area contributed by atoms with Crippen molar-refractivity contribution in [3.8, 4) is 0 Å². The van der Waals surface area contributed by atoms with E-state index in [0.717, 1.165) is 12.8 Å². The Morgan fingerprint density at radius 1 is 1.06 bits per heavy atom. The number of carbonyl (C=O) groups excluding carboxylic acids is 1. The lowest BCUT2D eigenvalue weighted by molar-refractivity contribution is -0.134. The molecule has 0 aliphatic heterocycles. The fourth-order valence-corrected chi connectivity index (χ4v) is 2.06.